The molecule has 0 radical (unpaired) electrons. The molecule has 94 valence electrons. The molecule has 15 heavy (non-hydrogen) atoms. The van der Waals surface area contributed by atoms with Crippen molar-refractivity contribution in [1.29, 1.82) is 0 Å². The van der Waals surface area contributed by atoms with E-state index in [-0.39, 0.29) is 19.0 Å². The second-order valence-electron chi connectivity index (χ2n) is 3.99. The third-order valence-corrected chi connectivity index (χ3v) is 1.20. The van der Waals surface area contributed by atoms with Gasteiger partial charge >= 0.3 is 5.92 Å². The van der Waals surface area contributed by atoms with Gasteiger partial charge in [-0.1, -0.05) is 0 Å². The number of nitrogens with zero attached hydrogens (tertiary/aromatic N) is 1. The first-order valence-corrected chi connectivity index (χ1v) is 4.09. The Kier molecular flexibility index (Phi) is 10.4. The Bertz CT molecular complexity index is 178. The summed E-state index contributed by atoms with van der Waals surface area (Å²) in [7, 11) is 6.16. The number of rotatable bonds is 3. The molecule has 0 aromatic rings. The Morgan fingerprint density at radius 2 is 1.67 bits per heavy atom. The van der Waals surface area contributed by atoms with E-state index in [1.165, 1.54) is 0 Å². The highest BCUT2D eigenvalue weighted by atomic mass is 35.5. The highest BCUT2D eigenvalue weighted by molar-refractivity contribution is 5.80. The Labute approximate surface area is 95.0 Å². The van der Waals surface area contributed by atoms with Gasteiger partial charge in [-0.2, -0.15) is 8.78 Å². The number of nitrogens with two attached hydrogens (primary N) is 1. The van der Waals surface area contributed by atoms with Crippen molar-refractivity contribution in [3.8, 4) is 0 Å². The topological polar surface area (TPSA) is 63.3 Å². The fourth-order valence-electron chi connectivity index (χ4n) is 0.300. The lowest BCUT2D eigenvalue weighted by atomic mass is 10.4. The molecular weight excluding hydrogens is 230 g/mol. The number of hydrogen-bond donors (Lipinski definition) is 2. The van der Waals surface area contributed by atoms with Crippen molar-refractivity contribution in [2.75, 3.05) is 34.3 Å². The van der Waals surface area contributed by atoms with Crippen LogP contribution in [0.25, 0.3) is 0 Å². The van der Waals surface area contributed by atoms with Gasteiger partial charge in [0.25, 0.3) is 5.91 Å². The molecule has 1 amide bonds. The first kappa shape index (κ1) is 20.0. The van der Waals surface area contributed by atoms with Crippen LogP contribution in [0, 0.1) is 0 Å². The molecule has 0 unspecified atom stereocenters. The van der Waals surface area contributed by atoms with Crippen molar-refractivity contribution < 1.29 is 35.6 Å². The first-order valence-electron chi connectivity index (χ1n) is 4.09. The number of hydrogen-bond acceptors (Lipinski definition) is 2. The average Bonchev–Trinajstić information content (AvgIpc) is 1.82. The van der Waals surface area contributed by atoms with Crippen LogP contribution in [0.15, 0.2) is 0 Å². The Balaban J connectivity index is -0.000000180. The largest absolute Gasteiger partial charge is 1.00 e. The normalized spacial score (nSPS) is 10.9. The first-order chi connectivity index (χ1) is 6.00. The van der Waals surface area contributed by atoms with E-state index < -0.39 is 11.8 Å². The van der Waals surface area contributed by atoms with E-state index in [1.54, 1.807) is 0 Å². The van der Waals surface area contributed by atoms with Crippen molar-refractivity contribution in [3.63, 3.8) is 0 Å². The quantitative estimate of drug-likeness (QED) is 0.518. The predicted molar refractivity (Wildman–Crippen MR) is 49.8 cm³/mol. The molecule has 0 atom stereocenters. The van der Waals surface area contributed by atoms with Crippen molar-refractivity contribution in [3.05, 3.63) is 0 Å². The fourth-order valence-corrected chi connectivity index (χ4v) is 0.300. The Morgan fingerprint density at radius 1 is 1.40 bits per heavy atom. The number of likely N-dealkylation sites (N-methyl/N-ethyl adjacent to an activating group) is 1. The summed E-state index contributed by atoms with van der Waals surface area (Å²) < 4.78 is 23.6. The van der Waals surface area contributed by atoms with E-state index in [0.29, 0.717) is 6.92 Å². The van der Waals surface area contributed by atoms with E-state index in [9.17, 15) is 13.6 Å². The number of carbonyl (C=O) groups excluding carboxylic acids is 1. The second kappa shape index (κ2) is 7.78. The molecule has 0 aliphatic carbocycles. The minimum Gasteiger partial charge on any atom is -1.00 e. The van der Waals surface area contributed by atoms with Crippen LogP contribution >= 0.6 is 0 Å². The standard InChI is InChI=1S/C5H14NO.C3H5F2NO.ClH/c1-6(2,3)4-5-7;1-3(4,5)2(6)7;/h7H,4-5H2,1-3H3;1H3,(H2,6,7);1H/q+1;;/p-1. The summed E-state index contributed by atoms with van der Waals surface area (Å²) in [6.45, 7) is 1.57. The van der Waals surface area contributed by atoms with Crippen LogP contribution in [0.2, 0.25) is 0 Å². The maximum absolute atomic E-state index is 11.4. The van der Waals surface area contributed by atoms with Gasteiger partial charge < -0.3 is 27.7 Å². The van der Waals surface area contributed by atoms with Crippen LogP contribution in [0.5, 0.6) is 0 Å². The third-order valence-electron chi connectivity index (χ3n) is 1.20. The molecule has 0 heterocycles. The molecule has 0 rings (SSSR count). The predicted octanol–water partition coefficient (Wildman–Crippen LogP) is -3.18. The minimum atomic E-state index is -3.36. The molecule has 0 aliphatic rings. The summed E-state index contributed by atoms with van der Waals surface area (Å²) in [4.78, 5) is 9.49. The third kappa shape index (κ3) is 19.8. The van der Waals surface area contributed by atoms with E-state index in [4.69, 9.17) is 5.11 Å². The summed E-state index contributed by atoms with van der Waals surface area (Å²) in [5.74, 6) is -4.95. The van der Waals surface area contributed by atoms with Gasteiger partial charge in [0.2, 0.25) is 0 Å². The Morgan fingerprint density at radius 3 is 1.67 bits per heavy atom. The highest BCUT2D eigenvalue weighted by Crippen LogP contribution is 2.08. The maximum atomic E-state index is 11.4. The molecule has 0 saturated heterocycles. The zero-order valence-corrected chi connectivity index (χ0v) is 10.2. The average molecular weight is 249 g/mol. The van der Waals surface area contributed by atoms with Gasteiger partial charge in [0, 0.05) is 6.92 Å². The molecule has 4 nitrogen and oxygen atoms in total. The SMILES string of the molecule is CC(F)(F)C(N)=O.C[N+](C)(C)CCO.[Cl-]. The molecule has 0 aliphatic heterocycles. The number of aliphatic hydroxyl groups is 1. The van der Waals surface area contributed by atoms with E-state index >= 15 is 0 Å². The highest BCUT2D eigenvalue weighted by Gasteiger charge is 2.28. The molecular formula is C8H19ClF2N2O2. The van der Waals surface area contributed by atoms with E-state index in [2.05, 4.69) is 26.9 Å². The van der Waals surface area contributed by atoms with Gasteiger partial charge in [0.1, 0.15) is 6.54 Å². The van der Waals surface area contributed by atoms with Crippen LogP contribution in [-0.2, 0) is 4.79 Å². The lowest BCUT2D eigenvalue weighted by Crippen LogP contribution is -3.00. The van der Waals surface area contributed by atoms with Crippen molar-refractivity contribution in [2.45, 2.75) is 12.8 Å². The molecule has 0 saturated carbocycles. The minimum absolute atomic E-state index is 0. The van der Waals surface area contributed by atoms with Crippen molar-refractivity contribution in [1.82, 2.24) is 0 Å². The van der Waals surface area contributed by atoms with Crippen molar-refractivity contribution >= 4 is 5.91 Å². The number of alkyl halides is 2. The fraction of sp³-hybridized carbons (Fsp3) is 0.875. The monoisotopic (exact) mass is 248 g/mol. The molecule has 0 spiro atoms. The summed E-state index contributed by atoms with van der Waals surface area (Å²) in [5, 5.41) is 8.39. The van der Waals surface area contributed by atoms with Crippen LogP contribution in [-0.4, -0.2) is 55.7 Å². The zero-order valence-electron chi connectivity index (χ0n) is 9.43. The number of halogens is 3. The summed E-state index contributed by atoms with van der Waals surface area (Å²) in [6, 6.07) is 0. The second-order valence-corrected chi connectivity index (χ2v) is 3.99. The van der Waals surface area contributed by atoms with Gasteiger partial charge in [-0.3, -0.25) is 4.79 Å². The lowest BCUT2D eigenvalue weighted by molar-refractivity contribution is -0.870. The number of quaternary nitrogens is 1. The van der Waals surface area contributed by atoms with Gasteiger partial charge in [-0.25, -0.2) is 0 Å². The number of carbonyl (C=O) groups is 1. The summed E-state index contributed by atoms with van der Waals surface area (Å²) >= 11 is 0. The van der Waals surface area contributed by atoms with Gasteiger partial charge in [0.05, 0.1) is 27.7 Å². The molecule has 3 N–H and O–H groups in total. The Hall–Kier alpha value is -0.460. The van der Waals surface area contributed by atoms with Gasteiger partial charge in [-0.15, -0.1) is 0 Å². The summed E-state index contributed by atoms with van der Waals surface area (Å²) in [5.41, 5.74) is 4.18. The number of amides is 1. The van der Waals surface area contributed by atoms with Gasteiger partial charge in [0.15, 0.2) is 0 Å². The molecule has 0 fully saturated rings. The number of primary amides is 1. The van der Waals surface area contributed by atoms with Crippen LogP contribution in [0.1, 0.15) is 6.92 Å². The maximum Gasteiger partial charge on any atom is 0.321 e. The van der Waals surface area contributed by atoms with Crippen LogP contribution in [0.3, 0.4) is 0 Å². The van der Waals surface area contributed by atoms with E-state index in [1.807, 2.05) is 0 Å². The zero-order chi connectivity index (χ0) is 12.0. The van der Waals surface area contributed by atoms with Crippen LogP contribution < -0.4 is 18.1 Å². The lowest BCUT2D eigenvalue weighted by Gasteiger charge is -2.21. The van der Waals surface area contributed by atoms with E-state index in [0.717, 1.165) is 11.0 Å². The smallest absolute Gasteiger partial charge is 0.321 e. The molecule has 0 aromatic carbocycles. The molecule has 0 bridgehead atoms. The number of aliphatic hydroxyl groups excluding tert-OH is 1. The van der Waals surface area contributed by atoms with Gasteiger partial charge in [-0.05, 0) is 0 Å². The summed E-state index contributed by atoms with van der Waals surface area (Å²) in [6.07, 6.45) is 0. The molecule has 7 heteroatoms. The van der Waals surface area contributed by atoms with Crippen molar-refractivity contribution in [2.24, 2.45) is 5.73 Å². The van der Waals surface area contributed by atoms with Crippen LogP contribution in [0.4, 0.5) is 8.78 Å². The molecule has 0 aromatic heterocycles.